The van der Waals surface area contributed by atoms with E-state index in [0.717, 1.165) is 43.7 Å². The lowest BCUT2D eigenvalue weighted by Gasteiger charge is -2.31. The first-order valence-electron chi connectivity index (χ1n) is 9.15. The lowest BCUT2D eigenvalue weighted by atomic mass is 10.1. The molecule has 0 aromatic carbocycles. The summed E-state index contributed by atoms with van der Waals surface area (Å²) in [5, 5.41) is 3.43. The van der Waals surface area contributed by atoms with Crippen molar-refractivity contribution in [2.24, 2.45) is 0 Å². The first-order valence-corrected chi connectivity index (χ1v) is 9.15. The Bertz CT molecular complexity index is 868. The second-order valence-electron chi connectivity index (χ2n) is 6.70. The van der Waals surface area contributed by atoms with E-state index >= 15 is 0 Å². The molecule has 4 rings (SSSR count). The van der Waals surface area contributed by atoms with Crippen LogP contribution in [0.5, 0.6) is 0 Å². The summed E-state index contributed by atoms with van der Waals surface area (Å²) in [6.45, 7) is 2.49. The summed E-state index contributed by atoms with van der Waals surface area (Å²) in [4.78, 5) is 24.0. The molecule has 1 fully saturated rings. The van der Waals surface area contributed by atoms with Crippen molar-refractivity contribution in [3.63, 3.8) is 0 Å². The second kappa shape index (κ2) is 7.66. The number of imidazole rings is 1. The van der Waals surface area contributed by atoms with E-state index in [-0.39, 0.29) is 11.9 Å². The number of aromatic nitrogens is 3. The number of hydrogen-bond donors (Lipinski definition) is 1. The topological polar surface area (TPSA) is 62.5 Å². The van der Waals surface area contributed by atoms with Gasteiger partial charge in [-0.1, -0.05) is 6.07 Å². The fourth-order valence-corrected chi connectivity index (χ4v) is 3.56. The molecule has 1 aliphatic rings. The smallest absolute Gasteiger partial charge is 0.255 e. The highest BCUT2D eigenvalue weighted by Gasteiger charge is 2.26. The SMILES string of the molecule is O=C(c1ccc2nccn2c1)N(Cc1ccccn1)C1CCCNCC1. The number of rotatable bonds is 4. The van der Waals surface area contributed by atoms with Crippen LogP contribution in [0.1, 0.15) is 35.3 Å². The predicted octanol–water partition coefficient (Wildman–Crippen LogP) is 2.51. The highest BCUT2D eigenvalue weighted by Crippen LogP contribution is 2.20. The third-order valence-corrected chi connectivity index (χ3v) is 4.94. The van der Waals surface area contributed by atoms with Crippen molar-refractivity contribution in [1.82, 2.24) is 24.6 Å². The molecule has 0 bridgehead atoms. The Hall–Kier alpha value is -2.73. The summed E-state index contributed by atoms with van der Waals surface area (Å²) in [5.41, 5.74) is 2.45. The van der Waals surface area contributed by atoms with Gasteiger partial charge in [0.1, 0.15) is 5.65 Å². The molecule has 26 heavy (non-hydrogen) atoms. The molecule has 0 radical (unpaired) electrons. The van der Waals surface area contributed by atoms with Crippen LogP contribution in [0.15, 0.2) is 55.1 Å². The number of carbonyl (C=O) groups excluding carboxylic acids is 1. The molecule has 6 heteroatoms. The van der Waals surface area contributed by atoms with Crippen molar-refractivity contribution in [2.75, 3.05) is 13.1 Å². The Morgan fingerprint density at radius 3 is 3.00 bits per heavy atom. The molecule has 6 nitrogen and oxygen atoms in total. The first-order chi connectivity index (χ1) is 12.8. The number of fused-ring (bicyclic) bond motifs is 1. The molecule has 0 saturated carbocycles. The van der Waals surface area contributed by atoms with Crippen molar-refractivity contribution < 1.29 is 4.79 Å². The average molecular weight is 349 g/mol. The third kappa shape index (κ3) is 3.60. The number of hydrogen-bond acceptors (Lipinski definition) is 4. The average Bonchev–Trinajstić information content (AvgIpc) is 2.99. The van der Waals surface area contributed by atoms with Crippen molar-refractivity contribution in [1.29, 1.82) is 0 Å². The molecule has 1 N–H and O–H groups in total. The van der Waals surface area contributed by atoms with Crippen molar-refractivity contribution in [3.05, 3.63) is 66.4 Å². The minimum Gasteiger partial charge on any atom is -0.330 e. The molecule has 1 saturated heterocycles. The van der Waals surface area contributed by atoms with E-state index < -0.39 is 0 Å². The molecular formula is C20H23N5O. The van der Waals surface area contributed by atoms with Crippen LogP contribution in [-0.2, 0) is 6.54 Å². The van der Waals surface area contributed by atoms with Crippen LogP contribution in [0, 0.1) is 0 Å². The summed E-state index contributed by atoms with van der Waals surface area (Å²) in [5.74, 6) is 0.0538. The van der Waals surface area contributed by atoms with Gasteiger partial charge in [-0.25, -0.2) is 4.98 Å². The zero-order chi connectivity index (χ0) is 17.8. The molecular weight excluding hydrogens is 326 g/mol. The van der Waals surface area contributed by atoms with Gasteiger partial charge in [0.25, 0.3) is 5.91 Å². The molecule has 134 valence electrons. The number of nitrogens with one attached hydrogen (secondary N) is 1. The van der Waals surface area contributed by atoms with Crippen LogP contribution >= 0.6 is 0 Å². The van der Waals surface area contributed by atoms with Gasteiger partial charge in [0, 0.05) is 30.8 Å². The van der Waals surface area contributed by atoms with Gasteiger partial charge in [0.2, 0.25) is 0 Å². The van der Waals surface area contributed by atoms with Crippen molar-refractivity contribution >= 4 is 11.6 Å². The van der Waals surface area contributed by atoms with Crippen LogP contribution in [0.4, 0.5) is 0 Å². The fourth-order valence-electron chi connectivity index (χ4n) is 3.56. The highest BCUT2D eigenvalue weighted by molar-refractivity contribution is 5.94. The largest absolute Gasteiger partial charge is 0.330 e. The van der Waals surface area contributed by atoms with Crippen LogP contribution in [0.25, 0.3) is 5.65 Å². The van der Waals surface area contributed by atoms with Crippen molar-refractivity contribution in [2.45, 2.75) is 31.8 Å². The van der Waals surface area contributed by atoms with Crippen LogP contribution in [0.3, 0.4) is 0 Å². The maximum Gasteiger partial charge on any atom is 0.255 e. The van der Waals surface area contributed by atoms with Gasteiger partial charge >= 0.3 is 0 Å². The third-order valence-electron chi connectivity index (χ3n) is 4.94. The summed E-state index contributed by atoms with van der Waals surface area (Å²) in [7, 11) is 0. The molecule has 1 unspecified atom stereocenters. The summed E-state index contributed by atoms with van der Waals surface area (Å²) < 4.78 is 1.89. The highest BCUT2D eigenvalue weighted by atomic mass is 16.2. The van der Waals surface area contributed by atoms with E-state index in [4.69, 9.17) is 0 Å². The standard InChI is InChI=1S/C20H23N5O/c26-20(16-6-7-19-23-12-13-24(19)14-16)25(15-17-4-1-2-10-22-17)18-5-3-9-21-11-8-18/h1-2,4,6-7,10,12-14,18,21H,3,5,8-9,11,15H2. The van der Waals surface area contributed by atoms with Gasteiger partial charge in [-0.3, -0.25) is 9.78 Å². The number of nitrogens with zero attached hydrogens (tertiary/aromatic N) is 4. The maximum atomic E-state index is 13.4. The Balaban J connectivity index is 1.64. The first kappa shape index (κ1) is 16.7. The van der Waals surface area contributed by atoms with E-state index in [1.807, 2.05) is 52.0 Å². The summed E-state index contributed by atoms with van der Waals surface area (Å²) in [6.07, 6.45) is 10.3. The van der Waals surface area contributed by atoms with Gasteiger partial charge in [-0.15, -0.1) is 0 Å². The number of carbonyl (C=O) groups is 1. The second-order valence-corrected chi connectivity index (χ2v) is 6.70. The molecule has 1 aliphatic heterocycles. The fraction of sp³-hybridized carbons (Fsp3) is 0.350. The van der Waals surface area contributed by atoms with E-state index in [1.54, 1.807) is 12.4 Å². The van der Waals surface area contributed by atoms with E-state index in [0.29, 0.717) is 12.1 Å². The summed E-state index contributed by atoms with van der Waals surface area (Å²) in [6, 6.07) is 9.83. The Kier molecular flexibility index (Phi) is 4.93. The molecule has 1 atom stereocenters. The Labute approximate surface area is 152 Å². The molecule has 0 aliphatic carbocycles. The molecule has 4 heterocycles. The lowest BCUT2D eigenvalue weighted by molar-refractivity contribution is 0.0642. The molecule has 0 spiro atoms. The van der Waals surface area contributed by atoms with E-state index in [2.05, 4.69) is 15.3 Å². The number of amides is 1. The summed E-state index contributed by atoms with van der Waals surface area (Å²) >= 11 is 0. The Morgan fingerprint density at radius 1 is 1.15 bits per heavy atom. The monoisotopic (exact) mass is 349 g/mol. The predicted molar refractivity (Wildman–Crippen MR) is 99.8 cm³/mol. The lowest BCUT2D eigenvalue weighted by Crippen LogP contribution is -2.40. The van der Waals surface area contributed by atoms with Crippen molar-refractivity contribution in [3.8, 4) is 0 Å². The molecule has 3 aromatic rings. The molecule has 3 aromatic heterocycles. The van der Waals surface area contributed by atoms with Gasteiger partial charge < -0.3 is 14.6 Å². The van der Waals surface area contributed by atoms with Gasteiger partial charge in [0.05, 0.1) is 17.8 Å². The van der Waals surface area contributed by atoms with E-state index in [9.17, 15) is 4.79 Å². The normalized spacial score (nSPS) is 17.8. The minimum atomic E-state index is 0.0538. The quantitative estimate of drug-likeness (QED) is 0.786. The zero-order valence-corrected chi connectivity index (χ0v) is 14.7. The minimum absolute atomic E-state index is 0.0538. The van der Waals surface area contributed by atoms with Crippen LogP contribution in [-0.4, -0.2) is 44.3 Å². The van der Waals surface area contributed by atoms with Crippen LogP contribution < -0.4 is 5.32 Å². The zero-order valence-electron chi connectivity index (χ0n) is 14.7. The van der Waals surface area contributed by atoms with Gasteiger partial charge in [-0.2, -0.15) is 0 Å². The van der Waals surface area contributed by atoms with E-state index in [1.165, 1.54) is 0 Å². The molecule has 1 amide bonds. The van der Waals surface area contributed by atoms with Gasteiger partial charge in [-0.05, 0) is 56.6 Å². The maximum absolute atomic E-state index is 13.4. The van der Waals surface area contributed by atoms with Crippen LogP contribution in [0.2, 0.25) is 0 Å². The van der Waals surface area contributed by atoms with Gasteiger partial charge in [0.15, 0.2) is 0 Å². The number of pyridine rings is 2. The Morgan fingerprint density at radius 2 is 2.12 bits per heavy atom.